The van der Waals surface area contributed by atoms with Gasteiger partial charge in [0.2, 0.25) is 0 Å². The minimum atomic E-state index is -0.675. The molecule has 1 fully saturated rings. The van der Waals surface area contributed by atoms with E-state index in [9.17, 15) is 9.90 Å². The summed E-state index contributed by atoms with van der Waals surface area (Å²) in [6.45, 7) is 8.45. The Labute approximate surface area is 127 Å². The second-order valence-corrected chi connectivity index (χ2v) is 7.20. The first-order valence-corrected chi connectivity index (χ1v) is 7.78. The summed E-state index contributed by atoms with van der Waals surface area (Å²) in [6.07, 6.45) is 2.76. The molecule has 2 rings (SSSR count). The highest BCUT2D eigenvalue weighted by molar-refractivity contribution is 5.71. The largest absolute Gasteiger partial charge is 0.491 e. The number of ether oxygens (including phenoxy) is 1. The van der Waals surface area contributed by atoms with Crippen LogP contribution < -0.4 is 4.74 Å². The van der Waals surface area contributed by atoms with E-state index in [1.54, 1.807) is 0 Å². The van der Waals surface area contributed by atoms with Crippen molar-refractivity contribution in [3.05, 3.63) is 29.8 Å². The lowest BCUT2D eigenvalue weighted by molar-refractivity contribution is -0.144. The Morgan fingerprint density at radius 2 is 2.10 bits per heavy atom. The van der Waals surface area contributed by atoms with Crippen molar-refractivity contribution >= 4 is 5.97 Å². The average molecular weight is 290 g/mol. The molecule has 1 aromatic carbocycles. The van der Waals surface area contributed by atoms with Crippen LogP contribution in [0.3, 0.4) is 0 Å². The summed E-state index contributed by atoms with van der Waals surface area (Å²) in [6, 6.07) is 7.96. The minimum Gasteiger partial charge on any atom is -0.491 e. The predicted molar refractivity (Wildman–Crippen MR) is 83.7 cm³/mol. The summed E-state index contributed by atoms with van der Waals surface area (Å²) in [7, 11) is 0. The number of carbonyl (C=O) groups is 1. The second-order valence-electron chi connectivity index (χ2n) is 7.20. The summed E-state index contributed by atoms with van der Waals surface area (Å²) in [5.74, 6) is -0.0602. The van der Waals surface area contributed by atoms with Crippen LogP contribution in [0.2, 0.25) is 0 Å². The molecule has 0 spiro atoms. The Bertz CT molecular complexity index is 505. The van der Waals surface area contributed by atoms with Crippen LogP contribution in [0.4, 0.5) is 0 Å². The second kappa shape index (κ2) is 6.08. The highest BCUT2D eigenvalue weighted by atomic mass is 16.5. The average Bonchev–Trinajstić information content (AvgIpc) is 2.36. The Balaban J connectivity index is 2.29. The molecule has 1 aromatic rings. The molecule has 3 heteroatoms. The standard InChI is InChI=1S/C18H26O3/c1-12(2)21-14-7-5-6-13(10-14)16-11-18(3,4)9-8-15(16)17(19)20/h5-7,10,12,15-16H,8-9,11H2,1-4H3,(H,19,20). The Hall–Kier alpha value is -1.51. The van der Waals surface area contributed by atoms with E-state index in [0.717, 1.165) is 30.6 Å². The lowest BCUT2D eigenvalue weighted by Gasteiger charge is -2.39. The van der Waals surface area contributed by atoms with Gasteiger partial charge in [-0.25, -0.2) is 0 Å². The van der Waals surface area contributed by atoms with Crippen LogP contribution in [0, 0.1) is 11.3 Å². The molecule has 3 nitrogen and oxygen atoms in total. The van der Waals surface area contributed by atoms with Crippen molar-refractivity contribution in [2.24, 2.45) is 11.3 Å². The smallest absolute Gasteiger partial charge is 0.307 e. The molecule has 0 aromatic heterocycles. The maximum atomic E-state index is 11.6. The normalized spacial score (nSPS) is 24.8. The van der Waals surface area contributed by atoms with Gasteiger partial charge in [-0.3, -0.25) is 4.79 Å². The lowest BCUT2D eigenvalue weighted by Crippen LogP contribution is -2.33. The van der Waals surface area contributed by atoms with Gasteiger partial charge in [0.1, 0.15) is 5.75 Å². The van der Waals surface area contributed by atoms with Gasteiger partial charge < -0.3 is 9.84 Å². The Morgan fingerprint density at radius 1 is 1.38 bits per heavy atom. The van der Waals surface area contributed by atoms with Gasteiger partial charge in [0.15, 0.2) is 0 Å². The van der Waals surface area contributed by atoms with Crippen LogP contribution in [0.15, 0.2) is 24.3 Å². The van der Waals surface area contributed by atoms with Gasteiger partial charge in [-0.05, 0) is 62.1 Å². The fourth-order valence-electron chi connectivity index (χ4n) is 3.32. The quantitative estimate of drug-likeness (QED) is 0.890. The number of hydrogen-bond acceptors (Lipinski definition) is 2. The number of benzene rings is 1. The monoisotopic (exact) mass is 290 g/mol. The van der Waals surface area contributed by atoms with Crippen molar-refractivity contribution in [2.45, 2.75) is 59.0 Å². The predicted octanol–water partition coefficient (Wildman–Crippen LogP) is 4.47. The topological polar surface area (TPSA) is 46.5 Å². The molecule has 1 aliphatic carbocycles. The highest BCUT2D eigenvalue weighted by Gasteiger charge is 2.39. The molecule has 0 aliphatic heterocycles. The van der Waals surface area contributed by atoms with E-state index < -0.39 is 5.97 Å². The third-order valence-electron chi connectivity index (χ3n) is 4.37. The van der Waals surface area contributed by atoms with Crippen molar-refractivity contribution in [3.63, 3.8) is 0 Å². The molecule has 1 saturated carbocycles. The van der Waals surface area contributed by atoms with Crippen molar-refractivity contribution in [3.8, 4) is 5.75 Å². The summed E-state index contributed by atoms with van der Waals surface area (Å²) in [4.78, 5) is 11.6. The van der Waals surface area contributed by atoms with E-state index in [1.165, 1.54) is 0 Å². The summed E-state index contributed by atoms with van der Waals surface area (Å²) >= 11 is 0. The molecule has 2 unspecified atom stereocenters. The van der Waals surface area contributed by atoms with E-state index in [1.807, 2.05) is 38.1 Å². The first-order chi connectivity index (χ1) is 9.78. The maximum absolute atomic E-state index is 11.6. The van der Waals surface area contributed by atoms with Crippen LogP contribution in [0.5, 0.6) is 5.75 Å². The van der Waals surface area contributed by atoms with E-state index in [-0.39, 0.29) is 23.4 Å². The number of hydrogen-bond donors (Lipinski definition) is 1. The van der Waals surface area contributed by atoms with E-state index >= 15 is 0 Å². The zero-order chi connectivity index (χ0) is 15.6. The van der Waals surface area contributed by atoms with Gasteiger partial charge in [0.25, 0.3) is 0 Å². The maximum Gasteiger partial charge on any atom is 0.307 e. The van der Waals surface area contributed by atoms with Gasteiger partial charge in [-0.1, -0.05) is 26.0 Å². The van der Waals surface area contributed by atoms with Crippen LogP contribution in [0.1, 0.15) is 58.4 Å². The van der Waals surface area contributed by atoms with Crippen molar-refractivity contribution in [2.75, 3.05) is 0 Å². The molecule has 116 valence electrons. The molecular formula is C18H26O3. The molecule has 1 N–H and O–H groups in total. The van der Waals surface area contributed by atoms with Crippen LogP contribution in [0.25, 0.3) is 0 Å². The lowest BCUT2D eigenvalue weighted by atomic mass is 9.65. The Kier molecular flexibility index (Phi) is 4.60. The van der Waals surface area contributed by atoms with Crippen LogP contribution >= 0.6 is 0 Å². The molecule has 0 heterocycles. The third kappa shape index (κ3) is 3.99. The van der Waals surface area contributed by atoms with Crippen molar-refractivity contribution in [1.82, 2.24) is 0 Å². The van der Waals surface area contributed by atoms with E-state index in [0.29, 0.717) is 0 Å². The number of aliphatic carboxylic acids is 1. The number of carboxylic acid groups (broad SMARTS) is 1. The zero-order valence-corrected chi connectivity index (χ0v) is 13.4. The molecule has 0 bridgehead atoms. The molecule has 1 aliphatic rings. The van der Waals surface area contributed by atoms with Gasteiger partial charge >= 0.3 is 5.97 Å². The summed E-state index contributed by atoms with van der Waals surface area (Å²) in [5.41, 5.74) is 1.29. The van der Waals surface area contributed by atoms with Gasteiger partial charge in [-0.2, -0.15) is 0 Å². The summed E-state index contributed by atoms with van der Waals surface area (Å²) < 4.78 is 5.75. The van der Waals surface area contributed by atoms with Gasteiger partial charge in [0, 0.05) is 0 Å². The Morgan fingerprint density at radius 3 is 2.71 bits per heavy atom. The highest BCUT2D eigenvalue weighted by Crippen LogP contribution is 2.47. The molecule has 0 saturated heterocycles. The van der Waals surface area contributed by atoms with Crippen LogP contribution in [-0.2, 0) is 4.79 Å². The summed E-state index contributed by atoms with van der Waals surface area (Å²) in [5, 5.41) is 9.52. The number of carboxylic acids is 1. The number of rotatable bonds is 4. The van der Waals surface area contributed by atoms with Gasteiger partial charge in [0.05, 0.1) is 12.0 Å². The van der Waals surface area contributed by atoms with Gasteiger partial charge in [-0.15, -0.1) is 0 Å². The van der Waals surface area contributed by atoms with Crippen LogP contribution in [-0.4, -0.2) is 17.2 Å². The SMILES string of the molecule is CC(C)Oc1cccc(C2CC(C)(C)CCC2C(=O)O)c1. The zero-order valence-electron chi connectivity index (χ0n) is 13.4. The molecular weight excluding hydrogens is 264 g/mol. The first-order valence-electron chi connectivity index (χ1n) is 7.78. The van der Waals surface area contributed by atoms with Crippen molar-refractivity contribution < 1.29 is 14.6 Å². The fourth-order valence-corrected chi connectivity index (χ4v) is 3.32. The minimum absolute atomic E-state index is 0.0713. The molecule has 21 heavy (non-hydrogen) atoms. The van der Waals surface area contributed by atoms with E-state index in [2.05, 4.69) is 13.8 Å². The van der Waals surface area contributed by atoms with E-state index in [4.69, 9.17) is 4.74 Å². The van der Waals surface area contributed by atoms with Crippen molar-refractivity contribution in [1.29, 1.82) is 0 Å². The molecule has 2 atom stereocenters. The molecule has 0 radical (unpaired) electrons. The third-order valence-corrected chi connectivity index (χ3v) is 4.37. The molecule has 0 amide bonds. The first kappa shape index (κ1) is 15.9. The fraction of sp³-hybridized carbons (Fsp3) is 0.611.